The molecule has 2 rings (SSSR count). The molecule has 2 heterocycles. The second-order valence-electron chi connectivity index (χ2n) is 7.70. The summed E-state index contributed by atoms with van der Waals surface area (Å²) in [5.41, 5.74) is 0. The monoisotopic (exact) mass is 284 g/mol. The molecule has 0 radical (unpaired) electrons. The van der Waals surface area contributed by atoms with Crippen LogP contribution in [0.3, 0.4) is 0 Å². The predicted molar refractivity (Wildman–Crippen MR) is 89.9 cm³/mol. The molecule has 2 aliphatic rings. The van der Waals surface area contributed by atoms with E-state index in [1.807, 2.05) is 0 Å². The van der Waals surface area contributed by atoms with E-state index in [0.29, 0.717) is 0 Å². The highest BCUT2D eigenvalue weighted by atomic mass is 15.3. The van der Waals surface area contributed by atoms with E-state index in [9.17, 15) is 0 Å². The van der Waals surface area contributed by atoms with E-state index in [4.69, 9.17) is 0 Å². The van der Waals surface area contributed by atoms with Gasteiger partial charge in [0.05, 0.1) is 53.4 Å². The third kappa shape index (κ3) is 6.58. The van der Waals surface area contributed by atoms with Gasteiger partial charge in [0.1, 0.15) is 0 Å². The first-order valence-corrected chi connectivity index (χ1v) is 9.21. The summed E-state index contributed by atoms with van der Waals surface area (Å²) in [6.07, 6.45) is 11.4. The molecule has 0 aromatic heterocycles. The van der Waals surface area contributed by atoms with Gasteiger partial charge in [-0.15, -0.1) is 0 Å². The van der Waals surface area contributed by atoms with E-state index in [0.717, 1.165) is 0 Å². The highest BCUT2D eigenvalue weighted by molar-refractivity contribution is 4.52. The molecule has 0 saturated carbocycles. The van der Waals surface area contributed by atoms with Crippen LogP contribution in [0.4, 0.5) is 0 Å². The first-order chi connectivity index (χ1) is 9.54. The fraction of sp³-hybridized carbons (Fsp3) is 1.00. The molecule has 2 saturated heterocycles. The van der Waals surface area contributed by atoms with E-state index >= 15 is 0 Å². The molecule has 0 aromatic carbocycles. The summed E-state index contributed by atoms with van der Waals surface area (Å²) in [5, 5.41) is 0. The van der Waals surface area contributed by atoms with E-state index in [2.05, 4.69) is 27.9 Å². The summed E-state index contributed by atoms with van der Waals surface area (Å²) < 4.78 is 2.71. The molecule has 20 heavy (non-hydrogen) atoms. The maximum absolute atomic E-state index is 2.41. The van der Waals surface area contributed by atoms with Gasteiger partial charge in [0.15, 0.2) is 0 Å². The van der Waals surface area contributed by atoms with Gasteiger partial charge >= 0.3 is 0 Å². The minimum absolute atomic E-state index is 1.36. The molecule has 0 N–H and O–H groups in total. The van der Waals surface area contributed by atoms with Crippen molar-refractivity contribution in [2.24, 2.45) is 0 Å². The number of nitrogens with zero attached hydrogens (tertiary/aromatic N) is 2. The smallest absolute Gasteiger partial charge is 0.0786 e. The Morgan fingerprint density at radius 1 is 0.600 bits per heavy atom. The lowest BCUT2D eigenvalue weighted by molar-refractivity contribution is -0.897. The lowest BCUT2D eigenvalue weighted by Crippen LogP contribution is -2.41. The first kappa shape index (κ1) is 18.0. The van der Waals surface area contributed by atoms with E-state index in [1.54, 1.807) is 0 Å². The van der Waals surface area contributed by atoms with E-state index < -0.39 is 0 Å². The first-order valence-electron chi connectivity index (χ1n) is 9.21. The van der Waals surface area contributed by atoms with Crippen molar-refractivity contribution in [3.05, 3.63) is 0 Å². The molecule has 2 fully saturated rings. The summed E-state index contributed by atoms with van der Waals surface area (Å²) in [6, 6.07) is 0. The number of quaternary nitrogens is 2. The van der Waals surface area contributed by atoms with Crippen molar-refractivity contribution in [3.8, 4) is 0 Å². The third-order valence-corrected chi connectivity index (χ3v) is 5.39. The van der Waals surface area contributed by atoms with Crippen LogP contribution in [-0.4, -0.2) is 62.3 Å². The Kier molecular flexibility index (Phi) is 8.13. The molecule has 0 aromatic rings. The summed E-state index contributed by atoms with van der Waals surface area (Å²) in [6.45, 7) is 13.1. The average Bonchev–Trinajstić information content (AvgIpc) is 3.05. The number of rotatable bonds is 6. The number of hydrogen-bond donors (Lipinski definition) is 0. The molecular formula is C18H40N2+2. The van der Waals surface area contributed by atoms with Crippen molar-refractivity contribution in [3.63, 3.8) is 0 Å². The molecule has 0 spiro atoms. The largest absolute Gasteiger partial charge is 0.326 e. The van der Waals surface area contributed by atoms with Crippen LogP contribution in [0.25, 0.3) is 0 Å². The predicted octanol–water partition coefficient (Wildman–Crippen LogP) is 4.05. The van der Waals surface area contributed by atoms with Crippen molar-refractivity contribution in [1.29, 1.82) is 0 Å². The quantitative estimate of drug-likeness (QED) is 0.645. The minimum Gasteiger partial charge on any atom is -0.326 e. The van der Waals surface area contributed by atoms with Gasteiger partial charge in [-0.3, -0.25) is 0 Å². The van der Waals surface area contributed by atoms with Gasteiger partial charge in [-0.1, -0.05) is 26.7 Å². The Morgan fingerprint density at radius 3 is 1.15 bits per heavy atom. The van der Waals surface area contributed by atoms with Crippen LogP contribution in [0.2, 0.25) is 0 Å². The number of likely N-dealkylation sites (tertiary alicyclic amines) is 2. The molecule has 2 heteroatoms. The maximum Gasteiger partial charge on any atom is 0.0786 e. The van der Waals surface area contributed by atoms with E-state index in [-0.39, 0.29) is 0 Å². The highest BCUT2D eigenvalue weighted by Crippen LogP contribution is 2.17. The van der Waals surface area contributed by atoms with Gasteiger partial charge in [0.2, 0.25) is 0 Å². The molecule has 0 unspecified atom stereocenters. The van der Waals surface area contributed by atoms with Gasteiger partial charge in [-0.05, 0) is 12.8 Å². The van der Waals surface area contributed by atoms with Crippen molar-refractivity contribution in [1.82, 2.24) is 0 Å². The van der Waals surface area contributed by atoms with Gasteiger partial charge in [0, 0.05) is 25.7 Å². The molecule has 0 bridgehead atoms. The second kappa shape index (κ2) is 9.04. The van der Waals surface area contributed by atoms with Gasteiger partial charge < -0.3 is 8.97 Å². The number of unbranched alkanes of at least 4 members (excludes halogenated alkanes) is 2. The zero-order valence-electron chi connectivity index (χ0n) is 14.8. The lowest BCUT2D eigenvalue weighted by atomic mass is 10.3. The highest BCUT2D eigenvalue weighted by Gasteiger charge is 2.25. The Bertz CT molecular complexity index is 212. The standard InChI is InChI=1S/2C9H20N/c2*1-3-4-7-10(2)8-5-6-9-10/h2*3-9H2,1-2H3/q2*+1. The van der Waals surface area contributed by atoms with Gasteiger partial charge in [0.25, 0.3) is 0 Å². The summed E-state index contributed by atoms with van der Waals surface area (Å²) in [4.78, 5) is 0. The fourth-order valence-corrected chi connectivity index (χ4v) is 3.72. The molecule has 0 amide bonds. The van der Waals surface area contributed by atoms with Crippen LogP contribution < -0.4 is 0 Å². The zero-order chi connectivity index (χ0) is 14.9. The van der Waals surface area contributed by atoms with Crippen LogP contribution in [-0.2, 0) is 0 Å². The normalized spacial score (nSPS) is 23.4. The molecule has 2 aliphatic heterocycles. The fourth-order valence-electron chi connectivity index (χ4n) is 3.72. The van der Waals surface area contributed by atoms with Crippen molar-refractivity contribution >= 4 is 0 Å². The molecule has 120 valence electrons. The molecule has 2 nitrogen and oxygen atoms in total. The number of hydrogen-bond acceptors (Lipinski definition) is 0. The van der Waals surface area contributed by atoms with Crippen LogP contribution >= 0.6 is 0 Å². The van der Waals surface area contributed by atoms with Crippen LogP contribution in [0, 0.1) is 0 Å². The Balaban J connectivity index is 0.000000200. The SMILES string of the molecule is CCCC[N+]1(C)CCCC1.CCCC[N+]1(C)CCCC1. The van der Waals surface area contributed by atoms with Crippen LogP contribution in [0.5, 0.6) is 0 Å². The summed E-state index contributed by atoms with van der Waals surface area (Å²) in [5.74, 6) is 0. The van der Waals surface area contributed by atoms with E-state index in [1.165, 1.54) is 99.6 Å². The average molecular weight is 285 g/mol. The molecule has 0 atom stereocenters. The van der Waals surface area contributed by atoms with Crippen molar-refractivity contribution in [2.45, 2.75) is 65.2 Å². The topological polar surface area (TPSA) is 0 Å². The Labute approximate surface area is 128 Å². The van der Waals surface area contributed by atoms with Gasteiger partial charge in [-0.2, -0.15) is 0 Å². The van der Waals surface area contributed by atoms with Gasteiger partial charge in [-0.25, -0.2) is 0 Å². The zero-order valence-corrected chi connectivity index (χ0v) is 14.8. The Hall–Kier alpha value is -0.0800. The van der Waals surface area contributed by atoms with Crippen molar-refractivity contribution in [2.75, 3.05) is 53.4 Å². The second-order valence-corrected chi connectivity index (χ2v) is 7.70. The molecular weight excluding hydrogens is 244 g/mol. The van der Waals surface area contributed by atoms with Crippen LogP contribution in [0.1, 0.15) is 65.2 Å². The van der Waals surface area contributed by atoms with Crippen LogP contribution in [0.15, 0.2) is 0 Å². The lowest BCUT2D eigenvalue weighted by Gasteiger charge is -2.28. The maximum atomic E-state index is 2.41. The van der Waals surface area contributed by atoms with Crippen molar-refractivity contribution < 1.29 is 8.97 Å². The summed E-state index contributed by atoms with van der Waals surface area (Å²) in [7, 11) is 4.81. The molecule has 0 aliphatic carbocycles. The Morgan fingerprint density at radius 2 is 0.900 bits per heavy atom. The summed E-state index contributed by atoms with van der Waals surface area (Å²) >= 11 is 0. The third-order valence-electron chi connectivity index (χ3n) is 5.39. The minimum atomic E-state index is 1.36.